The van der Waals surface area contributed by atoms with Crippen LogP contribution < -0.4 is 10.6 Å². The first-order valence-corrected chi connectivity index (χ1v) is 6.28. The topological polar surface area (TPSA) is 41.1 Å². The molecule has 1 aromatic heterocycles. The zero-order valence-corrected chi connectivity index (χ0v) is 10.2. The van der Waals surface area contributed by atoms with Crippen molar-refractivity contribution in [1.29, 1.82) is 0 Å². The Kier molecular flexibility index (Phi) is 2.37. The summed E-state index contributed by atoms with van der Waals surface area (Å²) in [6, 6.07) is 11.7. The summed E-state index contributed by atoms with van der Waals surface area (Å²) in [5.74, 6) is -0.0181. The summed E-state index contributed by atoms with van der Waals surface area (Å²) >= 11 is 1.69. The normalized spacial score (nSPS) is 18.2. The third-order valence-corrected chi connectivity index (χ3v) is 3.86. The fraction of sp³-hybridized carbons (Fsp3) is 0.154. The van der Waals surface area contributed by atoms with Crippen molar-refractivity contribution in [2.24, 2.45) is 0 Å². The maximum absolute atomic E-state index is 11.9. The first-order valence-electron chi connectivity index (χ1n) is 5.47. The summed E-state index contributed by atoms with van der Waals surface area (Å²) in [5, 5.41) is 6.30. The first kappa shape index (κ1) is 10.4. The molecule has 0 saturated carbocycles. The smallest absolute Gasteiger partial charge is 0.255 e. The molecule has 1 aromatic carbocycles. The third kappa shape index (κ3) is 1.80. The number of hydrogen-bond acceptors (Lipinski definition) is 3. The third-order valence-electron chi connectivity index (χ3n) is 2.79. The highest BCUT2D eigenvalue weighted by molar-refractivity contribution is 7.12. The molecule has 0 saturated heterocycles. The molecule has 1 atom stereocenters. The Morgan fingerprint density at radius 1 is 1.12 bits per heavy atom. The molecule has 4 heteroatoms. The van der Waals surface area contributed by atoms with Crippen molar-refractivity contribution < 1.29 is 4.79 Å². The Bertz CT molecular complexity index is 576. The number of anilines is 1. The lowest BCUT2D eigenvalue weighted by Gasteiger charge is -2.26. The van der Waals surface area contributed by atoms with Gasteiger partial charge in [0, 0.05) is 15.4 Å². The lowest BCUT2D eigenvalue weighted by molar-refractivity contribution is 0.0936. The van der Waals surface area contributed by atoms with E-state index in [1.54, 1.807) is 11.3 Å². The highest BCUT2D eigenvalue weighted by Crippen LogP contribution is 2.29. The quantitative estimate of drug-likeness (QED) is 0.809. The van der Waals surface area contributed by atoms with Gasteiger partial charge in [0.05, 0.1) is 5.56 Å². The van der Waals surface area contributed by atoms with Gasteiger partial charge < -0.3 is 10.6 Å². The maximum Gasteiger partial charge on any atom is 0.255 e. The van der Waals surface area contributed by atoms with Crippen molar-refractivity contribution in [3.8, 4) is 0 Å². The largest absolute Gasteiger partial charge is 0.360 e. The zero-order chi connectivity index (χ0) is 11.8. The molecule has 2 N–H and O–H groups in total. The van der Waals surface area contributed by atoms with E-state index < -0.39 is 0 Å². The molecule has 3 rings (SSSR count). The Morgan fingerprint density at radius 3 is 2.71 bits per heavy atom. The molecule has 2 aromatic rings. The molecular weight excluding hydrogens is 232 g/mol. The second-order valence-electron chi connectivity index (χ2n) is 4.04. The molecule has 0 spiro atoms. The van der Waals surface area contributed by atoms with Crippen LogP contribution in [0.5, 0.6) is 0 Å². The van der Waals surface area contributed by atoms with E-state index in [1.807, 2.05) is 30.3 Å². The average molecular weight is 244 g/mol. The van der Waals surface area contributed by atoms with Crippen LogP contribution in [-0.2, 0) is 0 Å². The van der Waals surface area contributed by atoms with Gasteiger partial charge in [-0.1, -0.05) is 12.1 Å². The van der Waals surface area contributed by atoms with Crippen molar-refractivity contribution in [2.75, 3.05) is 5.32 Å². The molecule has 1 amide bonds. The predicted molar refractivity (Wildman–Crippen MR) is 69.3 cm³/mol. The van der Waals surface area contributed by atoms with Crippen LogP contribution in [0.3, 0.4) is 0 Å². The van der Waals surface area contributed by atoms with Crippen LogP contribution in [0.2, 0.25) is 0 Å². The number of carbonyl (C=O) groups is 1. The van der Waals surface area contributed by atoms with Gasteiger partial charge in [-0.25, -0.2) is 0 Å². The highest BCUT2D eigenvalue weighted by atomic mass is 32.1. The number of aryl methyl sites for hydroxylation is 1. The molecule has 0 aliphatic carbocycles. The van der Waals surface area contributed by atoms with Crippen LogP contribution in [0.1, 0.15) is 26.3 Å². The minimum atomic E-state index is -0.115. The van der Waals surface area contributed by atoms with Gasteiger partial charge in [0.15, 0.2) is 0 Å². The molecule has 0 fully saturated rings. The Hall–Kier alpha value is -1.81. The van der Waals surface area contributed by atoms with Gasteiger partial charge >= 0.3 is 0 Å². The van der Waals surface area contributed by atoms with E-state index in [0.29, 0.717) is 5.56 Å². The number of fused-ring (bicyclic) bond motifs is 1. The number of benzene rings is 1. The number of hydrogen-bond donors (Lipinski definition) is 2. The molecule has 86 valence electrons. The van der Waals surface area contributed by atoms with Gasteiger partial charge in [-0.15, -0.1) is 11.3 Å². The molecule has 3 nitrogen and oxygen atoms in total. The second-order valence-corrected chi connectivity index (χ2v) is 5.36. The van der Waals surface area contributed by atoms with Crippen molar-refractivity contribution in [3.63, 3.8) is 0 Å². The number of thiophene rings is 1. The number of carbonyl (C=O) groups excluding carboxylic acids is 1. The fourth-order valence-corrected chi connectivity index (χ4v) is 2.84. The minimum Gasteiger partial charge on any atom is -0.360 e. The van der Waals surface area contributed by atoms with Crippen LogP contribution in [0.15, 0.2) is 36.4 Å². The summed E-state index contributed by atoms with van der Waals surface area (Å²) in [7, 11) is 0. The van der Waals surface area contributed by atoms with Crippen molar-refractivity contribution >= 4 is 22.9 Å². The van der Waals surface area contributed by atoms with E-state index in [2.05, 4.69) is 23.6 Å². The van der Waals surface area contributed by atoms with E-state index in [-0.39, 0.29) is 12.1 Å². The minimum absolute atomic E-state index is 0.0181. The van der Waals surface area contributed by atoms with Gasteiger partial charge in [0.2, 0.25) is 0 Å². The number of para-hydroxylation sites is 1. The molecule has 0 bridgehead atoms. The summed E-state index contributed by atoms with van der Waals surface area (Å²) in [6.45, 7) is 2.06. The van der Waals surface area contributed by atoms with Crippen molar-refractivity contribution in [1.82, 2.24) is 5.32 Å². The Balaban J connectivity index is 1.96. The van der Waals surface area contributed by atoms with Gasteiger partial charge in [0.1, 0.15) is 6.17 Å². The molecule has 0 radical (unpaired) electrons. The Labute approximate surface area is 103 Å². The lowest BCUT2D eigenvalue weighted by atomic mass is 10.1. The fourth-order valence-electron chi connectivity index (χ4n) is 1.96. The number of rotatable bonds is 1. The van der Waals surface area contributed by atoms with Gasteiger partial charge in [-0.2, -0.15) is 0 Å². The van der Waals surface area contributed by atoms with E-state index in [9.17, 15) is 4.79 Å². The van der Waals surface area contributed by atoms with Gasteiger partial charge in [-0.3, -0.25) is 4.79 Å². The van der Waals surface area contributed by atoms with Crippen LogP contribution in [0.25, 0.3) is 0 Å². The molecule has 17 heavy (non-hydrogen) atoms. The number of nitrogens with one attached hydrogen (secondary N) is 2. The van der Waals surface area contributed by atoms with E-state index in [0.717, 1.165) is 10.6 Å². The summed E-state index contributed by atoms with van der Waals surface area (Å²) < 4.78 is 0. The molecule has 0 unspecified atom stereocenters. The van der Waals surface area contributed by atoms with Crippen LogP contribution in [0.4, 0.5) is 5.69 Å². The molecule has 2 heterocycles. The zero-order valence-electron chi connectivity index (χ0n) is 9.36. The lowest BCUT2D eigenvalue weighted by Crippen LogP contribution is -2.37. The summed E-state index contributed by atoms with van der Waals surface area (Å²) in [5.41, 5.74) is 1.60. The standard InChI is InChI=1S/C13H12N2OS/c1-8-6-7-11(17-8)12-14-10-5-3-2-4-9(10)13(16)15-12/h2-7,12,14H,1H3,(H,15,16)/t12-/m1/s1. The molecule has 1 aliphatic heterocycles. The van der Waals surface area contributed by atoms with Gasteiger partial charge in [0.25, 0.3) is 5.91 Å². The highest BCUT2D eigenvalue weighted by Gasteiger charge is 2.24. The SMILES string of the molecule is Cc1ccc([C@H]2NC(=O)c3ccccc3N2)s1. The van der Waals surface area contributed by atoms with Crippen LogP contribution in [-0.4, -0.2) is 5.91 Å². The van der Waals surface area contributed by atoms with Crippen LogP contribution >= 0.6 is 11.3 Å². The van der Waals surface area contributed by atoms with E-state index in [4.69, 9.17) is 0 Å². The summed E-state index contributed by atoms with van der Waals surface area (Å²) in [6.07, 6.45) is -0.115. The average Bonchev–Trinajstić information content (AvgIpc) is 2.76. The molecule has 1 aliphatic rings. The van der Waals surface area contributed by atoms with Crippen molar-refractivity contribution in [3.05, 3.63) is 51.7 Å². The van der Waals surface area contributed by atoms with Crippen molar-refractivity contribution in [2.45, 2.75) is 13.1 Å². The first-order chi connectivity index (χ1) is 8.24. The van der Waals surface area contributed by atoms with E-state index in [1.165, 1.54) is 4.88 Å². The number of amides is 1. The summed E-state index contributed by atoms with van der Waals surface area (Å²) in [4.78, 5) is 14.3. The maximum atomic E-state index is 11.9. The second kappa shape index (κ2) is 3.89. The van der Waals surface area contributed by atoms with Crippen LogP contribution in [0, 0.1) is 6.92 Å². The Morgan fingerprint density at radius 2 is 1.94 bits per heavy atom. The van der Waals surface area contributed by atoms with Gasteiger partial charge in [-0.05, 0) is 31.2 Å². The predicted octanol–water partition coefficient (Wildman–Crippen LogP) is 2.91. The molecular formula is C13H12N2OS. The van der Waals surface area contributed by atoms with E-state index >= 15 is 0 Å². The monoisotopic (exact) mass is 244 g/mol.